The Morgan fingerprint density at radius 1 is 1.05 bits per heavy atom. The Kier molecular flexibility index (Phi) is 6.70. The number of thioether (sulfide) groups is 2. The summed E-state index contributed by atoms with van der Waals surface area (Å²) in [6, 6.07) is 18.2. The van der Waals surface area contributed by atoms with Crippen molar-refractivity contribution in [3.63, 3.8) is 0 Å². The minimum Gasteiger partial charge on any atom is -0.325 e. The topological polar surface area (TPSA) is 29.1 Å². The van der Waals surface area contributed by atoms with Crippen molar-refractivity contribution >= 4 is 35.1 Å². The molecule has 110 valence electrons. The molecule has 4 heteroatoms. The van der Waals surface area contributed by atoms with Crippen LogP contribution in [0, 0.1) is 0 Å². The van der Waals surface area contributed by atoms with Crippen LogP contribution in [0.5, 0.6) is 0 Å². The third kappa shape index (κ3) is 5.48. The van der Waals surface area contributed by atoms with E-state index in [4.69, 9.17) is 0 Å². The van der Waals surface area contributed by atoms with Crippen LogP contribution in [0.2, 0.25) is 0 Å². The lowest BCUT2D eigenvalue weighted by Gasteiger charge is -2.09. The van der Waals surface area contributed by atoms with Crippen LogP contribution in [0.3, 0.4) is 0 Å². The van der Waals surface area contributed by atoms with Gasteiger partial charge in [0.25, 0.3) is 0 Å². The smallest absolute Gasteiger partial charge is 0.225 e. The van der Waals surface area contributed by atoms with Crippen LogP contribution in [0.1, 0.15) is 12.0 Å². The molecular formula is C17H19NOS2. The molecule has 0 aliphatic rings. The number of carbonyl (C=O) groups is 1. The number of hydrogen-bond acceptors (Lipinski definition) is 3. The number of hydrogen-bond donors (Lipinski definition) is 1. The van der Waals surface area contributed by atoms with Gasteiger partial charge in [-0.2, -0.15) is 11.8 Å². The number of benzene rings is 2. The standard InChI is InChI=1S/C17H19NOS2/c1-20-16-10-6-5-9-15(16)18-17(19)11-12-21-13-14-7-3-2-4-8-14/h2-10H,11-13H2,1H3,(H,18,19). The number of anilines is 1. The zero-order valence-corrected chi connectivity index (χ0v) is 13.7. The average Bonchev–Trinajstić information content (AvgIpc) is 2.53. The molecule has 2 aromatic rings. The minimum absolute atomic E-state index is 0.0806. The van der Waals surface area contributed by atoms with Gasteiger partial charge in [-0.1, -0.05) is 42.5 Å². The molecule has 0 unspecified atom stereocenters. The molecule has 0 saturated heterocycles. The molecule has 1 amide bonds. The van der Waals surface area contributed by atoms with Gasteiger partial charge < -0.3 is 5.32 Å². The molecule has 0 radical (unpaired) electrons. The summed E-state index contributed by atoms with van der Waals surface area (Å²) < 4.78 is 0. The van der Waals surface area contributed by atoms with E-state index in [1.54, 1.807) is 23.5 Å². The van der Waals surface area contributed by atoms with Crippen molar-refractivity contribution in [1.29, 1.82) is 0 Å². The van der Waals surface area contributed by atoms with Crippen LogP contribution >= 0.6 is 23.5 Å². The fourth-order valence-corrected chi connectivity index (χ4v) is 3.35. The molecule has 0 aliphatic carbocycles. The highest BCUT2D eigenvalue weighted by Gasteiger charge is 2.05. The van der Waals surface area contributed by atoms with E-state index < -0.39 is 0 Å². The van der Waals surface area contributed by atoms with Gasteiger partial charge in [0.1, 0.15) is 0 Å². The number of nitrogens with one attached hydrogen (secondary N) is 1. The summed E-state index contributed by atoms with van der Waals surface area (Å²) in [5.41, 5.74) is 2.21. The Morgan fingerprint density at radius 3 is 2.52 bits per heavy atom. The van der Waals surface area contributed by atoms with Gasteiger partial charge in [0, 0.05) is 22.8 Å². The molecule has 0 spiro atoms. The van der Waals surface area contributed by atoms with Crippen molar-refractivity contribution in [2.75, 3.05) is 17.3 Å². The van der Waals surface area contributed by atoms with E-state index >= 15 is 0 Å². The van der Waals surface area contributed by atoms with E-state index in [-0.39, 0.29) is 5.91 Å². The fraction of sp³-hybridized carbons (Fsp3) is 0.235. The summed E-state index contributed by atoms with van der Waals surface area (Å²) >= 11 is 3.43. The number of carbonyl (C=O) groups excluding carboxylic acids is 1. The first-order valence-corrected chi connectivity index (χ1v) is 9.22. The molecule has 0 aliphatic heterocycles. The van der Waals surface area contributed by atoms with E-state index in [0.717, 1.165) is 22.1 Å². The maximum atomic E-state index is 12.0. The quantitative estimate of drug-likeness (QED) is 0.594. The molecule has 0 bridgehead atoms. The molecular weight excluding hydrogens is 298 g/mol. The Hall–Kier alpha value is -1.39. The Labute approximate surface area is 134 Å². The molecule has 2 nitrogen and oxygen atoms in total. The summed E-state index contributed by atoms with van der Waals surface area (Å²) in [6.45, 7) is 0. The highest BCUT2D eigenvalue weighted by molar-refractivity contribution is 7.98. The monoisotopic (exact) mass is 317 g/mol. The molecule has 1 N–H and O–H groups in total. The van der Waals surface area contributed by atoms with Crippen molar-refractivity contribution in [3.8, 4) is 0 Å². The summed E-state index contributed by atoms with van der Waals surface area (Å²) in [5.74, 6) is 1.87. The normalized spacial score (nSPS) is 10.3. The summed E-state index contributed by atoms with van der Waals surface area (Å²) in [7, 11) is 0. The van der Waals surface area contributed by atoms with Gasteiger partial charge in [0.05, 0.1) is 5.69 Å². The van der Waals surface area contributed by atoms with Crippen LogP contribution in [0.25, 0.3) is 0 Å². The van der Waals surface area contributed by atoms with Gasteiger partial charge in [0.15, 0.2) is 0 Å². The van der Waals surface area contributed by atoms with E-state index in [2.05, 4.69) is 17.4 Å². The maximum absolute atomic E-state index is 12.0. The lowest BCUT2D eigenvalue weighted by atomic mass is 10.2. The maximum Gasteiger partial charge on any atom is 0.225 e. The lowest BCUT2D eigenvalue weighted by Crippen LogP contribution is -2.12. The zero-order chi connectivity index (χ0) is 14.9. The predicted molar refractivity (Wildman–Crippen MR) is 94.1 cm³/mol. The number of rotatable bonds is 7. The van der Waals surface area contributed by atoms with Gasteiger partial charge in [-0.25, -0.2) is 0 Å². The van der Waals surface area contributed by atoms with Crippen LogP contribution in [0.4, 0.5) is 5.69 Å². The molecule has 0 saturated carbocycles. The average molecular weight is 317 g/mol. The van der Waals surface area contributed by atoms with Gasteiger partial charge in [-0.3, -0.25) is 4.79 Å². The molecule has 0 heterocycles. The first-order chi connectivity index (χ1) is 10.3. The third-order valence-electron chi connectivity index (χ3n) is 2.97. The van der Waals surface area contributed by atoms with Crippen molar-refractivity contribution in [2.45, 2.75) is 17.1 Å². The fourth-order valence-electron chi connectivity index (χ4n) is 1.89. The highest BCUT2D eigenvalue weighted by Crippen LogP contribution is 2.24. The molecule has 0 fully saturated rings. The SMILES string of the molecule is CSc1ccccc1NC(=O)CCSCc1ccccc1. The molecule has 2 aromatic carbocycles. The lowest BCUT2D eigenvalue weighted by molar-refractivity contribution is -0.115. The van der Waals surface area contributed by atoms with Gasteiger partial charge >= 0.3 is 0 Å². The third-order valence-corrected chi connectivity index (χ3v) is 4.79. The molecule has 0 aromatic heterocycles. The number of para-hydroxylation sites is 1. The van der Waals surface area contributed by atoms with Crippen LogP contribution in [0.15, 0.2) is 59.5 Å². The molecule has 0 atom stereocenters. The van der Waals surface area contributed by atoms with Crippen molar-refractivity contribution in [3.05, 3.63) is 60.2 Å². The van der Waals surface area contributed by atoms with E-state index in [9.17, 15) is 4.79 Å². The second kappa shape index (κ2) is 8.80. The predicted octanol–water partition coefficient (Wildman–Crippen LogP) is 4.67. The summed E-state index contributed by atoms with van der Waals surface area (Å²) in [5, 5.41) is 2.99. The van der Waals surface area contributed by atoms with Gasteiger partial charge in [0.2, 0.25) is 5.91 Å². The molecule has 21 heavy (non-hydrogen) atoms. The summed E-state index contributed by atoms with van der Waals surface area (Å²) in [4.78, 5) is 13.1. The Morgan fingerprint density at radius 2 is 1.76 bits per heavy atom. The Balaban J connectivity index is 1.72. The van der Waals surface area contributed by atoms with E-state index in [1.165, 1.54) is 5.56 Å². The van der Waals surface area contributed by atoms with E-state index in [0.29, 0.717) is 6.42 Å². The summed E-state index contributed by atoms with van der Waals surface area (Å²) in [6.07, 6.45) is 2.56. The van der Waals surface area contributed by atoms with E-state index in [1.807, 2.05) is 48.7 Å². The van der Waals surface area contributed by atoms with Gasteiger partial charge in [-0.15, -0.1) is 11.8 Å². The number of amides is 1. The zero-order valence-electron chi connectivity index (χ0n) is 12.0. The van der Waals surface area contributed by atoms with Gasteiger partial charge in [-0.05, 0) is 24.0 Å². The van der Waals surface area contributed by atoms with Crippen molar-refractivity contribution in [1.82, 2.24) is 0 Å². The second-order valence-corrected chi connectivity index (χ2v) is 6.49. The molecule has 2 rings (SSSR count). The van der Waals surface area contributed by atoms with Crippen LogP contribution < -0.4 is 5.32 Å². The van der Waals surface area contributed by atoms with Crippen LogP contribution in [-0.2, 0) is 10.5 Å². The minimum atomic E-state index is 0.0806. The largest absolute Gasteiger partial charge is 0.325 e. The second-order valence-electron chi connectivity index (χ2n) is 4.54. The van der Waals surface area contributed by atoms with Crippen molar-refractivity contribution in [2.24, 2.45) is 0 Å². The highest BCUT2D eigenvalue weighted by atomic mass is 32.2. The Bertz CT molecular complexity index is 572. The van der Waals surface area contributed by atoms with Crippen molar-refractivity contribution < 1.29 is 4.79 Å². The first-order valence-electron chi connectivity index (χ1n) is 6.84. The van der Waals surface area contributed by atoms with Crippen LogP contribution in [-0.4, -0.2) is 17.9 Å². The first kappa shape index (κ1) is 16.0.